The van der Waals surface area contributed by atoms with E-state index in [0.717, 1.165) is 17.5 Å². The second-order valence-corrected chi connectivity index (χ2v) is 6.36. The number of aliphatic hydroxyl groups excluding tert-OH is 1. The molecule has 0 unspecified atom stereocenters. The van der Waals surface area contributed by atoms with Crippen LogP contribution in [0.25, 0.3) is 0 Å². The van der Waals surface area contributed by atoms with E-state index in [1.807, 2.05) is 30.5 Å². The molecular weight excluding hydrogens is 272 g/mol. The molecule has 1 heterocycles. The highest BCUT2D eigenvalue weighted by Gasteiger charge is 2.10. The number of nitrogens with zero attached hydrogens (tertiary/aromatic N) is 2. The number of hydrogen-bond donors (Lipinski definition) is 1. The minimum absolute atomic E-state index is 0.0265. The molecule has 0 saturated heterocycles. The maximum absolute atomic E-state index is 9.24. The predicted molar refractivity (Wildman–Crippen MR) is 81.2 cm³/mol. The number of methoxy groups -OCH3 is 1. The van der Waals surface area contributed by atoms with Crippen LogP contribution in [0.3, 0.4) is 0 Å². The molecule has 0 spiro atoms. The van der Waals surface area contributed by atoms with Gasteiger partial charge in [-0.25, -0.2) is 4.98 Å². The van der Waals surface area contributed by atoms with Gasteiger partial charge in [-0.3, -0.25) is 0 Å². The fourth-order valence-corrected chi connectivity index (χ4v) is 2.72. The van der Waals surface area contributed by atoms with Crippen LogP contribution < -0.4 is 4.74 Å². The maximum Gasteiger partial charge on any atom is 0.168 e. The largest absolute Gasteiger partial charge is 0.497 e. The molecule has 4 nitrogen and oxygen atoms in total. The minimum Gasteiger partial charge on any atom is -0.497 e. The highest BCUT2D eigenvalue weighted by Crippen LogP contribution is 2.23. The topological polar surface area (TPSA) is 47.3 Å². The Bertz CT molecular complexity index is 550. The molecule has 0 fully saturated rings. The molecule has 5 heteroatoms. The molecule has 0 radical (unpaired) electrons. The van der Waals surface area contributed by atoms with Gasteiger partial charge in [0.2, 0.25) is 0 Å². The van der Waals surface area contributed by atoms with Crippen LogP contribution >= 0.6 is 11.8 Å². The summed E-state index contributed by atoms with van der Waals surface area (Å²) < 4.78 is 7.24. The summed E-state index contributed by atoms with van der Waals surface area (Å²) in [7, 11) is 1.66. The third kappa shape index (κ3) is 3.77. The predicted octanol–water partition coefficient (Wildman–Crippen LogP) is 2.93. The highest BCUT2D eigenvalue weighted by molar-refractivity contribution is 7.99. The van der Waals surface area contributed by atoms with Crippen molar-refractivity contribution in [3.63, 3.8) is 0 Å². The van der Waals surface area contributed by atoms with E-state index in [0.29, 0.717) is 10.9 Å². The second kappa shape index (κ2) is 6.81. The third-order valence-corrected chi connectivity index (χ3v) is 3.81. The molecule has 2 rings (SSSR count). The van der Waals surface area contributed by atoms with E-state index in [2.05, 4.69) is 23.4 Å². The Morgan fingerprint density at radius 1 is 1.30 bits per heavy atom. The zero-order valence-electron chi connectivity index (χ0n) is 12.0. The lowest BCUT2D eigenvalue weighted by Gasteiger charge is -2.09. The van der Waals surface area contributed by atoms with Crippen LogP contribution in [0.5, 0.6) is 5.75 Å². The molecular formula is C15H20N2O2S. The smallest absolute Gasteiger partial charge is 0.168 e. The van der Waals surface area contributed by atoms with Gasteiger partial charge >= 0.3 is 0 Å². The number of aromatic nitrogens is 2. The monoisotopic (exact) mass is 292 g/mol. The molecule has 0 atom stereocenters. The standard InChI is InChI=1S/C15H20N2O2S/c1-11(2)20-15-16-13(10-18)9-17(15)8-12-4-6-14(19-3)7-5-12/h4-7,9,11,18H,8,10H2,1-3H3. The SMILES string of the molecule is COc1ccc(Cn2cc(CO)nc2SC(C)C)cc1. The molecule has 2 aromatic rings. The summed E-state index contributed by atoms with van der Waals surface area (Å²) in [4.78, 5) is 4.45. The van der Waals surface area contributed by atoms with Crippen molar-refractivity contribution in [3.8, 4) is 5.75 Å². The molecule has 0 saturated carbocycles. The molecule has 1 aromatic heterocycles. The summed E-state index contributed by atoms with van der Waals surface area (Å²) >= 11 is 1.70. The van der Waals surface area contributed by atoms with Crippen LogP contribution in [0.15, 0.2) is 35.6 Å². The summed E-state index contributed by atoms with van der Waals surface area (Å²) in [5.41, 5.74) is 1.89. The lowest BCUT2D eigenvalue weighted by molar-refractivity contribution is 0.277. The van der Waals surface area contributed by atoms with Crippen LogP contribution in [0.2, 0.25) is 0 Å². The Hall–Kier alpha value is -1.46. The van der Waals surface area contributed by atoms with Gasteiger partial charge in [0.25, 0.3) is 0 Å². The molecule has 1 aromatic carbocycles. The van der Waals surface area contributed by atoms with Crippen molar-refractivity contribution < 1.29 is 9.84 Å². The van der Waals surface area contributed by atoms with Gasteiger partial charge in [-0.15, -0.1) is 0 Å². The highest BCUT2D eigenvalue weighted by atomic mass is 32.2. The summed E-state index contributed by atoms with van der Waals surface area (Å²) in [6.45, 7) is 4.98. The number of aliphatic hydroxyl groups is 1. The van der Waals surface area contributed by atoms with Crippen LogP contribution in [0.1, 0.15) is 25.1 Å². The fourth-order valence-electron chi connectivity index (χ4n) is 1.87. The average molecular weight is 292 g/mol. The van der Waals surface area contributed by atoms with Crippen LogP contribution in [-0.4, -0.2) is 27.0 Å². The molecule has 0 bridgehead atoms. The van der Waals surface area contributed by atoms with Crippen LogP contribution in [0, 0.1) is 0 Å². The van der Waals surface area contributed by atoms with Gasteiger partial charge in [0.05, 0.1) is 19.4 Å². The van der Waals surface area contributed by atoms with Gasteiger partial charge in [-0.1, -0.05) is 37.7 Å². The van der Waals surface area contributed by atoms with Crippen LogP contribution in [-0.2, 0) is 13.2 Å². The zero-order valence-corrected chi connectivity index (χ0v) is 12.9. The van der Waals surface area contributed by atoms with E-state index in [-0.39, 0.29) is 6.61 Å². The van der Waals surface area contributed by atoms with Gasteiger partial charge in [-0.2, -0.15) is 0 Å². The first-order valence-corrected chi connectivity index (χ1v) is 7.47. The Morgan fingerprint density at radius 2 is 2.00 bits per heavy atom. The minimum atomic E-state index is -0.0265. The maximum atomic E-state index is 9.24. The van der Waals surface area contributed by atoms with Crippen molar-refractivity contribution in [2.24, 2.45) is 0 Å². The number of hydrogen-bond acceptors (Lipinski definition) is 4. The molecule has 0 amide bonds. The van der Waals surface area contributed by atoms with E-state index in [4.69, 9.17) is 4.74 Å². The van der Waals surface area contributed by atoms with Crippen molar-refractivity contribution in [1.82, 2.24) is 9.55 Å². The number of thioether (sulfide) groups is 1. The molecule has 0 aliphatic rings. The Labute approximate surface area is 123 Å². The summed E-state index contributed by atoms with van der Waals surface area (Å²) in [5.74, 6) is 0.854. The van der Waals surface area contributed by atoms with Crippen LogP contribution in [0.4, 0.5) is 0 Å². The number of ether oxygens (including phenoxy) is 1. The average Bonchev–Trinajstić information content (AvgIpc) is 2.81. The first kappa shape index (κ1) is 14.9. The number of imidazole rings is 1. The zero-order chi connectivity index (χ0) is 14.5. The van der Waals surface area contributed by atoms with Crippen molar-refractivity contribution in [2.45, 2.75) is 37.4 Å². The van der Waals surface area contributed by atoms with Crippen molar-refractivity contribution in [3.05, 3.63) is 41.7 Å². The molecule has 0 aliphatic heterocycles. The van der Waals surface area contributed by atoms with Gasteiger partial charge in [0.15, 0.2) is 5.16 Å². The first-order valence-electron chi connectivity index (χ1n) is 6.59. The Morgan fingerprint density at radius 3 is 2.55 bits per heavy atom. The third-order valence-electron chi connectivity index (χ3n) is 2.80. The normalized spacial score (nSPS) is 11.1. The van der Waals surface area contributed by atoms with Crippen molar-refractivity contribution in [1.29, 1.82) is 0 Å². The van der Waals surface area contributed by atoms with E-state index in [9.17, 15) is 5.11 Å². The van der Waals surface area contributed by atoms with E-state index < -0.39 is 0 Å². The van der Waals surface area contributed by atoms with Gasteiger partial charge < -0.3 is 14.4 Å². The number of benzene rings is 1. The lowest BCUT2D eigenvalue weighted by atomic mass is 10.2. The Balaban J connectivity index is 2.19. The second-order valence-electron chi connectivity index (χ2n) is 4.82. The summed E-state index contributed by atoms with van der Waals surface area (Å²) in [6.07, 6.45) is 1.91. The van der Waals surface area contributed by atoms with E-state index in [1.54, 1.807) is 18.9 Å². The molecule has 1 N–H and O–H groups in total. The quantitative estimate of drug-likeness (QED) is 0.832. The van der Waals surface area contributed by atoms with Gasteiger partial charge in [0, 0.05) is 18.0 Å². The van der Waals surface area contributed by atoms with E-state index in [1.165, 1.54) is 5.56 Å². The van der Waals surface area contributed by atoms with Crippen molar-refractivity contribution >= 4 is 11.8 Å². The number of rotatable bonds is 6. The molecule has 0 aliphatic carbocycles. The van der Waals surface area contributed by atoms with Gasteiger partial charge in [0.1, 0.15) is 5.75 Å². The fraction of sp³-hybridized carbons (Fsp3) is 0.400. The van der Waals surface area contributed by atoms with E-state index >= 15 is 0 Å². The molecule has 108 valence electrons. The Kier molecular flexibility index (Phi) is 5.09. The first-order chi connectivity index (χ1) is 9.62. The summed E-state index contributed by atoms with van der Waals surface area (Å²) in [6, 6.07) is 7.99. The van der Waals surface area contributed by atoms with Gasteiger partial charge in [-0.05, 0) is 17.7 Å². The summed E-state index contributed by atoms with van der Waals surface area (Å²) in [5, 5.41) is 10.6. The lowest BCUT2D eigenvalue weighted by Crippen LogP contribution is -2.02. The van der Waals surface area contributed by atoms with Crippen molar-refractivity contribution in [2.75, 3.05) is 7.11 Å². The molecule has 20 heavy (non-hydrogen) atoms.